The van der Waals surface area contributed by atoms with Crippen molar-refractivity contribution < 1.29 is 16.8 Å². The molecule has 1 aliphatic heterocycles. The van der Waals surface area contributed by atoms with Gasteiger partial charge in [0.25, 0.3) is 10.0 Å². The molecule has 0 radical (unpaired) electrons. The highest BCUT2D eigenvalue weighted by Crippen LogP contribution is 2.20. The summed E-state index contributed by atoms with van der Waals surface area (Å²) in [6.07, 6.45) is 5.67. The lowest BCUT2D eigenvalue weighted by atomic mass is 10.00. The van der Waals surface area contributed by atoms with Gasteiger partial charge in [-0.15, -0.1) is 0 Å². The van der Waals surface area contributed by atoms with Crippen LogP contribution in [0.4, 0.5) is 0 Å². The standard InChI is InChI=1S/C10H18N4O4S2/c1-19(15,16)14-4-2-3-9(6-14)5-13-7-10(12-8-13)20(11,17)18/h7-9H,2-6H2,1H3,(H2,11,17,18). The molecule has 1 aromatic rings. The maximum absolute atomic E-state index is 11.5. The Balaban J connectivity index is 2.05. The van der Waals surface area contributed by atoms with Crippen molar-refractivity contribution in [3.63, 3.8) is 0 Å². The van der Waals surface area contributed by atoms with E-state index in [2.05, 4.69) is 4.98 Å². The monoisotopic (exact) mass is 322 g/mol. The van der Waals surface area contributed by atoms with E-state index in [1.54, 1.807) is 4.57 Å². The zero-order valence-electron chi connectivity index (χ0n) is 11.1. The molecule has 1 aliphatic rings. The van der Waals surface area contributed by atoms with E-state index < -0.39 is 20.0 Å². The highest BCUT2D eigenvalue weighted by molar-refractivity contribution is 7.89. The average molecular weight is 322 g/mol. The molecule has 0 bridgehead atoms. The number of hydrogen-bond donors (Lipinski definition) is 1. The molecule has 2 rings (SSSR count). The van der Waals surface area contributed by atoms with E-state index in [1.165, 1.54) is 23.1 Å². The third-order valence-corrected chi connectivity index (χ3v) is 5.38. The summed E-state index contributed by atoms with van der Waals surface area (Å²) in [4.78, 5) is 3.74. The Kier molecular flexibility index (Phi) is 4.19. The molecule has 1 saturated heterocycles. The summed E-state index contributed by atoms with van der Waals surface area (Å²) in [7, 11) is -6.97. The maximum Gasteiger partial charge on any atom is 0.257 e. The van der Waals surface area contributed by atoms with Crippen LogP contribution in [0.2, 0.25) is 0 Å². The molecule has 1 atom stereocenters. The number of hydrogen-bond acceptors (Lipinski definition) is 5. The zero-order chi connectivity index (χ0) is 15.0. The Hall–Kier alpha value is -0.970. The van der Waals surface area contributed by atoms with Crippen LogP contribution < -0.4 is 5.14 Å². The van der Waals surface area contributed by atoms with Gasteiger partial charge in [0.05, 0.1) is 12.6 Å². The third kappa shape index (κ3) is 3.78. The van der Waals surface area contributed by atoms with Gasteiger partial charge in [0.15, 0.2) is 5.03 Å². The van der Waals surface area contributed by atoms with Crippen molar-refractivity contribution in [3.05, 3.63) is 12.5 Å². The lowest BCUT2D eigenvalue weighted by Crippen LogP contribution is -2.40. The molecule has 0 aliphatic carbocycles. The van der Waals surface area contributed by atoms with Crippen LogP contribution in [0.1, 0.15) is 12.8 Å². The van der Waals surface area contributed by atoms with E-state index in [-0.39, 0.29) is 10.9 Å². The van der Waals surface area contributed by atoms with Crippen LogP contribution in [0.5, 0.6) is 0 Å². The molecular weight excluding hydrogens is 304 g/mol. The van der Waals surface area contributed by atoms with Crippen molar-refractivity contribution in [1.82, 2.24) is 13.9 Å². The van der Waals surface area contributed by atoms with Gasteiger partial charge >= 0.3 is 0 Å². The topological polar surface area (TPSA) is 115 Å². The fourth-order valence-corrected chi connectivity index (χ4v) is 3.78. The largest absolute Gasteiger partial charge is 0.336 e. The number of nitrogens with two attached hydrogens (primary N) is 1. The lowest BCUT2D eigenvalue weighted by Gasteiger charge is -2.30. The van der Waals surface area contributed by atoms with Gasteiger partial charge in [-0.2, -0.15) is 0 Å². The average Bonchev–Trinajstić information content (AvgIpc) is 2.76. The number of rotatable bonds is 4. The molecule has 10 heteroatoms. The van der Waals surface area contributed by atoms with Gasteiger partial charge in [-0.3, -0.25) is 0 Å². The number of nitrogens with zero attached hydrogens (tertiary/aromatic N) is 3. The predicted octanol–water partition coefficient (Wildman–Crippen LogP) is -0.798. The minimum atomic E-state index is -3.80. The van der Waals surface area contributed by atoms with E-state index >= 15 is 0 Å². The minimum Gasteiger partial charge on any atom is -0.336 e. The Morgan fingerprint density at radius 2 is 2.10 bits per heavy atom. The van der Waals surface area contributed by atoms with E-state index in [4.69, 9.17) is 5.14 Å². The first-order valence-electron chi connectivity index (χ1n) is 6.16. The first-order chi connectivity index (χ1) is 9.16. The minimum absolute atomic E-state index is 0.140. The van der Waals surface area contributed by atoms with Crippen LogP contribution in [0.15, 0.2) is 17.6 Å². The first kappa shape index (κ1) is 15.4. The van der Waals surface area contributed by atoms with Gasteiger partial charge in [0.1, 0.15) is 0 Å². The van der Waals surface area contributed by atoms with Gasteiger partial charge in [0.2, 0.25) is 10.0 Å². The van der Waals surface area contributed by atoms with E-state index in [0.717, 1.165) is 12.8 Å². The summed E-state index contributed by atoms with van der Waals surface area (Å²) in [5, 5.41) is 4.82. The molecule has 0 saturated carbocycles. The van der Waals surface area contributed by atoms with E-state index in [9.17, 15) is 16.8 Å². The van der Waals surface area contributed by atoms with Gasteiger partial charge < -0.3 is 4.57 Å². The number of piperidine rings is 1. The summed E-state index contributed by atoms with van der Waals surface area (Å²) >= 11 is 0. The molecule has 1 aromatic heterocycles. The van der Waals surface area contributed by atoms with Crippen LogP contribution in [-0.4, -0.2) is 50.0 Å². The van der Waals surface area contributed by atoms with Gasteiger partial charge in [-0.05, 0) is 18.8 Å². The zero-order valence-corrected chi connectivity index (χ0v) is 12.8. The summed E-state index contributed by atoms with van der Waals surface area (Å²) < 4.78 is 48.4. The van der Waals surface area contributed by atoms with E-state index in [1.807, 2.05) is 0 Å². The third-order valence-electron chi connectivity index (χ3n) is 3.32. The van der Waals surface area contributed by atoms with Crippen molar-refractivity contribution in [3.8, 4) is 0 Å². The highest BCUT2D eigenvalue weighted by Gasteiger charge is 2.26. The second-order valence-electron chi connectivity index (χ2n) is 5.08. The lowest BCUT2D eigenvalue weighted by molar-refractivity contribution is 0.246. The molecule has 20 heavy (non-hydrogen) atoms. The number of primary sulfonamides is 1. The quantitative estimate of drug-likeness (QED) is 0.779. The Morgan fingerprint density at radius 3 is 2.65 bits per heavy atom. The van der Waals surface area contributed by atoms with Crippen molar-refractivity contribution in [1.29, 1.82) is 0 Å². The summed E-state index contributed by atoms with van der Waals surface area (Å²) in [6.45, 7) is 1.51. The van der Waals surface area contributed by atoms with Crippen molar-refractivity contribution in [2.75, 3.05) is 19.3 Å². The van der Waals surface area contributed by atoms with Crippen LogP contribution in [-0.2, 0) is 26.6 Å². The Labute approximate surface area is 118 Å². The van der Waals surface area contributed by atoms with Crippen LogP contribution >= 0.6 is 0 Å². The summed E-state index contributed by atoms with van der Waals surface area (Å²) in [5.41, 5.74) is 0. The second kappa shape index (κ2) is 5.43. The van der Waals surface area contributed by atoms with Crippen molar-refractivity contribution in [2.45, 2.75) is 24.4 Å². The second-order valence-corrected chi connectivity index (χ2v) is 8.57. The molecular formula is C10H18N4O4S2. The first-order valence-corrected chi connectivity index (χ1v) is 9.55. The molecule has 0 aromatic carbocycles. The van der Waals surface area contributed by atoms with Gasteiger partial charge in [-0.25, -0.2) is 31.3 Å². The smallest absolute Gasteiger partial charge is 0.257 e. The van der Waals surface area contributed by atoms with E-state index in [0.29, 0.717) is 19.6 Å². The van der Waals surface area contributed by atoms with Crippen molar-refractivity contribution in [2.24, 2.45) is 11.1 Å². The fraction of sp³-hybridized carbons (Fsp3) is 0.700. The maximum atomic E-state index is 11.5. The Bertz CT molecular complexity index is 680. The molecule has 1 fully saturated rings. The Morgan fingerprint density at radius 1 is 1.40 bits per heavy atom. The number of sulfonamides is 2. The molecule has 2 N–H and O–H groups in total. The molecule has 1 unspecified atom stereocenters. The van der Waals surface area contributed by atoms with Crippen LogP contribution in [0.25, 0.3) is 0 Å². The SMILES string of the molecule is CS(=O)(=O)N1CCCC(Cn2cnc(S(N)(=O)=O)c2)C1. The highest BCUT2D eigenvalue weighted by atomic mass is 32.2. The van der Waals surface area contributed by atoms with Crippen LogP contribution in [0, 0.1) is 5.92 Å². The molecule has 0 amide bonds. The van der Waals surface area contributed by atoms with Crippen molar-refractivity contribution >= 4 is 20.0 Å². The summed E-state index contributed by atoms with van der Waals surface area (Å²) in [6, 6.07) is 0. The van der Waals surface area contributed by atoms with Crippen LogP contribution in [0.3, 0.4) is 0 Å². The molecule has 2 heterocycles. The fourth-order valence-electron chi connectivity index (χ4n) is 2.36. The number of aromatic nitrogens is 2. The molecule has 0 spiro atoms. The normalized spacial score (nSPS) is 22.0. The summed E-state index contributed by atoms with van der Waals surface area (Å²) in [5.74, 6) is 0.140. The van der Waals surface area contributed by atoms with Gasteiger partial charge in [0, 0.05) is 25.8 Å². The number of imidazole rings is 1. The molecule has 8 nitrogen and oxygen atoms in total. The molecule has 114 valence electrons. The predicted molar refractivity (Wildman–Crippen MR) is 72.7 cm³/mol. The van der Waals surface area contributed by atoms with Gasteiger partial charge in [-0.1, -0.05) is 0 Å².